The highest BCUT2D eigenvalue weighted by atomic mass is 16.5. The Morgan fingerprint density at radius 3 is 1.65 bits per heavy atom. The molecule has 7 nitrogen and oxygen atoms in total. The first-order valence-electron chi connectivity index (χ1n) is 15.4. The monoisotopic (exact) mass is 607 g/mol. The summed E-state index contributed by atoms with van der Waals surface area (Å²) in [5.41, 5.74) is 5.99. The van der Waals surface area contributed by atoms with Gasteiger partial charge in [0.15, 0.2) is 5.54 Å². The van der Waals surface area contributed by atoms with Gasteiger partial charge in [-0.2, -0.15) is 0 Å². The fourth-order valence-electron chi connectivity index (χ4n) is 6.31. The first-order valence-corrected chi connectivity index (χ1v) is 15.4. The Labute approximate surface area is 270 Å². The first-order chi connectivity index (χ1) is 22.4. The predicted molar refractivity (Wildman–Crippen MR) is 182 cm³/mol. The summed E-state index contributed by atoms with van der Waals surface area (Å²) in [4.78, 5) is 16.2. The second-order valence-corrected chi connectivity index (χ2v) is 11.6. The smallest absolute Gasteiger partial charge is 0.328 e. The summed E-state index contributed by atoms with van der Waals surface area (Å²) in [7, 11) is 3.35. The SMILES string of the molecule is COC(=O)[C@H](C(C)C)N(C)c1ccc(-c2ccccc2-c2nnn(C(c3ccccc3)(c3ccccc3)c3ccccc3)n2)cc1. The molecule has 6 aromatic rings. The van der Waals surface area contributed by atoms with Crippen LogP contribution < -0.4 is 4.90 Å². The van der Waals surface area contributed by atoms with E-state index in [1.165, 1.54) is 7.11 Å². The average molecular weight is 608 g/mol. The predicted octanol–water partition coefficient (Wildman–Crippen LogP) is 7.48. The van der Waals surface area contributed by atoms with Crippen molar-refractivity contribution in [1.82, 2.24) is 20.2 Å². The maximum atomic E-state index is 12.5. The van der Waals surface area contributed by atoms with Crippen LogP contribution in [-0.4, -0.2) is 46.4 Å². The molecule has 0 amide bonds. The Balaban J connectivity index is 1.44. The number of tetrazole rings is 1. The third kappa shape index (κ3) is 5.56. The van der Waals surface area contributed by atoms with E-state index in [1.54, 1.807) is 4.80 Å². The summed E-state index contributed by atoms with van der Waals surface area (Å²) in [6.45, 7) is 4.04. The molecule has 5 aromatic carbocycles. The molecule has 0 saturated carbocycles. The van der Waals surface area contributed by atoms with Gasteiger partial charge in [-0.1, -0.05) is 141 Å². The number of carbonyl (C=O) groups is 1. The number of hydrogen-bond donors (Lipinski definition) is 0. The molecule has 1 heterocycles. The topological polar surface area (TPSA) is 73.1 Å². The van der Waals surface area contributed by atoms with Crippen molar-refractivity contribution in [2.75, 3.05) is 19.1 Å². The van der Waals surface area contributed by atoms with Gasteiger partial charge in [-0.05, 0) is 51.1 Å². The van der Waals surface area contributed by atoms with Crippen LogP contribution >= 0.6 is 0 Å². The molecule has 0 aliphatic rings. The highest BCUT2D eigenvalue weighted by Gasteiger charge is 2.41. The van der Waals surface area contributed by atoms with Crippen molar-refractivity contribution in [1.29, 1.82) is 0 Å². The van der Waals surface area contributed by atoms with Crippen LogP contribution in [0.1, 0.15) is 30.5 Å². The maximum Gasteiger partial charge on any atom is 0.328 e. The Morgan fingerprint density at radius 2 is 1.17 bits per heavy atom. The molecule has 0 bridgehead atoms. The van der Waals surface area contributed by atoms with Crippen molar-refractivity contribution in [3.63, 3.8) is 0 Å². The van der Waals surface area contributed by atoms with Gasteiger partial charge < -0.3 is 9.64 Å². The van der Waals surface area contributed by atoms with E-state index >= 15 is 0 Å². The molecule has 6 rings (SSSR count). The Morgan fingerprint density at radius 1 is 0.696 bits per heavy atom. The number of methoxy groups -OCH3 is 1. The van der Waals surface area contributed by atoms with Crippen molar-refractivity contribution in [2.24, 2.45) is 5.92 Å². The zero-order chi connectivity index (χ0) is 32.1. The minimum Gasteiger partial charge on any atom is -0.467 e. The van der Waals surface area contributed by atoms with Gasteiger partial charge in [0.1, 0.15) is 6.04 Å². The fourth-order valence-corrected chi connectivity index (χ4v) is 6.31. The highest BCUT2D eigenvalue weighted by Crippen LogP contribution is 2.40. The number of benzene rings is 5. The number of rotatable bonds is 10. The lowest BCUT2D eigenvalue weighted by Gasteiger charge is -2.34. The second kappa shape index (κ2) is 13.2. The number of nitrogens with zero attached hydrogens (tertiary/aromatic N) is 5. The summed E-state index contributed by atoms with van der Waals surface area (Å²) in [6, 6.07) is 46.8. The number of anilines is 1. The first kappa shape index (κ1) is 30.5. The van der Waals surface area contributed by atoms with Gasteiger partial charge in [0.2, 0.25) is 5.82 Å². The van der Waals surface area contributed by atoms with Crippen molar-refractivity contribution in [3.8, 4) is 22.5 Å². The molecule has 1 atom stereocenters. The third-order valence-electron chi connectivity index (χ3n) is 8.53. The van der Waals surface area contributed by atoms with Crippen molar-refractivity contribution in [2.45, 2.75) is 25.4 Å². The maximum absolute atomic E-state index is 12.5. The average Bonchev–Trinajstić information content (AvgIpc) is 3.60. The summed E-state index contributed by atoms with van der Waals surface area (Å²) < 4.78 is 5.08. The summed E-state index contributed by atoms with van der Waals surface area (Å²) >= 11 is 0. The molecular formula is C39H37N5O2. The van der Waals surface area contributed by atoms with Crippen LogP contribution in [0.3, 0.4) is 0 Å². The summed E-state index contributed by atoms with van der Waals surface area (Å²) in [6.07, 6.45) is 0. The molecule has 230 valence electrons. The number of aromatic nitrogens is 4. The van der Waals surface area contributed by atoms with Crippen molar-refractivity contribution >= 4 is 11.7 Å². The normalized spacial score (nSPS) is 12.1. The van der Waals surface area contributed by atoms with E-state index in [1.807, 2.05) is 111 Å². The van der Waals surface area contributed by atoms with Crippen molar-refractivity contribution in [3.05, 3.63) is 156 Å². The molecule has 0 N–H and O–H groups in total. The van der Waals surface area contributed by atoms with Gasteiger partial charge in [-0.3, -0.25) is 0 Å². The Bertz CT molecular complexity index is 1790. The molecule has 46 heavy (non-hydrogen) atoms. The number of ether oxygens (including phenoxy) is 1. The van der Waals surface area contributed by atoms with Gasteiger partial charge in [0.05, 0.1) is 7.11 Å². The quantitative estimate of drug-likeness (QED) is 0.119. The standard InChI is InChI=1S/C39H37N5O2/c1-28(2)36(38(45)46-4)43(3)33-26-24-29(25-27-33)34-22-14-15-23-35(34)37-40-42-44(41-37)39(30-16-8-5-9-17-30,31-18-10-6-11-19-31)32-20-12-7-13-21-32/h5-28,36H,1-4H3/t36-/m0/s1. The molecule has 1 aromatic heterocycles. The van der Waals surface area contributed by atoms with Gasteiger partial charge in [0, 0.05) is 18.3 Å². The zero-order valence-electron chi connectivity index (χ0n) is 26.5. The molecule has 7 heteroatoms. The molecule has 0 spiro atoms. The molecule has 0 unspecified atom stereocenters. The Kier molecular flexibility index (Phi) is 8.74. The minimum atomic E-state index is -0.858. The van der Waals surface area contributed by atoms with Crippen LogP contribution in [0.4, 0.5) is 5.69 Å². The van der Waals surface area contributed by atoms with E-state index in [0.717, 1.165) is 39.1 Å². The largest absolute Gasteiger partial charge is 0.467 e. The lowest BCUT2D eigenvalue weighted by atomic mass is 9.77. The second-order valence-electron chi connectivity index (χ2n) is 11.6. The fraction of sp³-hybridized carbons (Fsp3) is 0.179. The van der Waals surface area contributed by atoms with E-state index in [-0.39, 0.29) is 17.9 Å². The Hall–Kier alpha value is -5.56. The van der Waals surface area contributed by atoms with Crippen molar-refractivity contribution < 1.29 is 9.53 Å². The van der Waals surface area contributed by atoms with Crippen LogP contribution in [0.2, 0.25) is 0 Å². The minimum absolute atomic E-state index is 0.0846. The summed E-state index contributed by atoms with van der Waals surface area (Å²) in [5.74, 6) is 0.356. The van der Waals surface area contributed by atoms with E-state index < -0.39 is 5.54 Å². The highest BCUT2D eigenvalue weighted by molar-refractivity contribution is 5.83. The van der Waals surface area contributed by atoms with Gasteiger partial charge in [-0.15, -0.1) is 15.0 Å². The molecule has 0 saturated heterocycles. The van der Waals surface area contributed by atoms with Crippen LogP contribution in [0.25, 0.3) is 22.5 Å². The van der Waals surface area contributed by atoms with Crippen LogP contribution in [0.15, 0.2) is 140 Å². The van der Waals surface area contributed by atoms with E-state index in [9.17, 15) is 4.79 Å². The van der Waals surface area contributed by atoms with E-state index in [2.05, 4.69) is 59.7 Å². The van der Waals surface area contributed by atoms with Gasteiger partial charge in [0.25, 0.3) is 0 Å². The lowest BCUT2D eigenvalue weighted by Crippen LogP contribution is -2.43. The third-order valence-corrected chi connectivity index (χ3v) is 8.53. The van der Waals surface area contributed by atoms with Gasteiger partial charge >= 0.3 is 5.97 Å². The molecule has 0 aliphatic heterocycles. The van der Waals surface area contributed by atoms with E-state index in [0.29, 0.717) is 5.82 Å². The number of likely N-dealkylation sites (N-methyl/N-ethyl adjacent to an activating group) is 1. The molecular weight excluding hydrogens is 570 g/mol. The van der Waals surface area contributed by atoms with Crippen LogP contribution in [-0.2, 0) is 15.1 Å². The number of esters is 1. The lowest BCUT2D eigenvalue weighted by molar-refractivity contribution is -0.143. The molecule has 0 aliphatic carbocycles. The van der Waals surface area contributed by atoms with Crippen LogP contribution in [0.5, 0.6) is 0 Å². The summed E-state index contributed by atoms with van der Waals surface area (Å²) in [5, 5.41) is 14.5. The van der Waals surface area contributed by atoms with Gasteiger partial charge in [-0.25, -0.2) is 4.79 Å². The van der Waals surface area contributed by atoms with E-state index in [4.69, 9.17) is 15.0 Å². The molecule has 0 radical (unpaired) electrons. The molecule has 0 fully saturated rings. The number of carbonyl (C=O) groups excluding carboxylic acids is 1. The van der Waals surface area contributed by atoms with Crippen LogP contribution in [0, 0.1) is 5.92 Å². The zero-order valence-corrected chi connectivity index (χ0v) is 26.5. The number of hydrogen-bond acceptors (Lipinski definition) is 6.